The number of nitriles is 1. The van der Waals surface area contributed by atoms with Gasteiger partial charge in [-0.1, -0.05) is 37.2 Å². The molecule has 4 nitrogen and oxygen atoms in total. The molecule has 0 saturated carbocycles. The zero-order valence-corrected chi connectivity index (χ0v) is 14.4. The third-order valence-corrected chi connectivity index (χ3v) is 4.58. The Hall–Kier alpha value is -1.51. The van der Waals surface area contributed by atoms with Gasteiger partial charge in [-0.05, 0) is 31.0 Å². The van der Waals surface area contributed by atoms with Crippen molar-refractivity contribution < 1.29 is 0 Å². The Labute approximate surface area is 139 Å². The third kappa shape index (κ3) is 3.82. The van der Waals surface area contributed by atoms with Crippen molar-refractivity contribution in [3.8, 4) is 6.07 Å². The van der Waals surface area contributed by atoms with Crippen molar-refractivity contribution in [3.05, 3.63) is 33.6 Å². The van der Waals surface area contributed by atoms with Gasteiger partial charge in [0, 0.05) is 17.3 Å². The van der Waals surface area contributed by atoms with Crippen molar-refractivity contribution in [3.63, 3.8) is 0 Å². The fourth-order valence-electron chi connectivity index (χ4n) is 2.05. The lowest BCUT2D eigenvalue weighted by atomic mass is 10.2. The Bertz CT molecular complexity index is 779. The van der Waals surface area contributed by atoms with Crippen LogP contribution in [0.15, 0.2) is 28.2 Å². The Kier molecular flexibility index (Phi) is 5.49. The molecule has 2 rings (SSSR count). The highest BCUT2D eigenvalue weighted by Crippen LogP contribution is 2.22. The minimum atomic E-state index is -0.0877. The second-order valence-corrected chi connectivity index (χ2v) is 7.13. The fourth-order valence-corrected chi connectivity index (χ4v) is 3.17. The molecule has 0 aliphatic carbocycles. The summed E-state index contributed by atoms with van der Waals surface area (Å²) in [6, 6.07) is 7.36. The quantitative estimate of drug-likeness (QED) is 0.613. The number of thioether (sulfide) groups is 1. The van der Waals surface area contributed by atoms with Crippen molar-refractivity contribution in [1.82, 2.24) is 9.55 Å². The monoisotopic (exact) mass is 335 g/mol. The van der Waals surface area contributed by atoms with E-state index in [1.165, 1.54) is 11.8 Å². The normalized spacial score (nSPS) is 12.5. The third-order valence-electron chi connectivity index (χ3n) is 3.11. The topological polar surface area (TPSA) is 58.7 Å². The van der Waals surface area contributed by atoms with Crippen LogP contribution in [-0.4, -0.2) is 15.3 Å². The number of halogens is 1. The first-order valence-corrected chi connectivity index (χ1v) is 8.51. The summed E-state index contributed by atoms with van der Waals surface area (Å²) in [5, 5.41) is 10.6. The van der Waals surface area contributed by atoms with Crippen molar-refractivity contribution in [2.24, 2.45) is 11.8 Å². The van der Waals surface area contributed by atoms with E-state index in [1.807, 2.05) is 6.92 Å². The average Bonchev–Trinajstić information content (AvgIpc) is 2.48. The fraction of sp³-hybridized carbons (Fsp3) is 0.438. The molecule has 6 heteroatoms. The maximum absolute atomic E-state index is 12.7. The number of hydrogen-bond donors (Lipinski definition) is 0. The van der Waals surface area contributed by atoms with Crippen LogP contribution in [0, 0.1) is 23.2 Å². The summed E-state index contributed by atoms with van der Waals surface area (Å²) in [6.45, 7) is 6.57. The van der Waals surface area contributed by atoms with E-state index in [2.05, 4.69) is 24.9 Å². The lowest BCUT2D eigenvalue weighted by Gasteiger charge is -2.15. The Morgan fingerprint density at radius 2 is 2.14 bits per heavy atom. The zero-order chi connectivity index (χ0) is 16.3. The van der Waals surface area contributed by atoms with Gasteiger partial charge in [0.25, 0.3) is 5.56 Å². The van der Waals surface area contributed by atoms with Crippen LogP contribution in [-0.2, 0) is 6.54 Å². The minimum Gasteiger partial charge on any atom is -0.287 e. The average molecular weight is 336 g/mol. The molecule has 0 saturated heterocycles. The summed E-state index contributed by atoms with van der Waals surface area (Å²) in [6.07, 6.45) is 0. The molecule has 0 spiro atoms. The lowest BCUT2D eigenvalue weighted by Crippen LogP contribution is -2.25. The smallest absolute Gasteiger partial charge is 0.262 e. The van der Waals surface area contributed by atoms with E-state index in [-0.39, 0.29) is 11.5 Å². The first kappa shape index (κ1) is 16.9. The standard InChI is InChI=1S/C16H18ClN3OS/c1-10(2)8-20-15(21)13-6-12(17)4-5-14(13)19-16(20)22-9-11(3)7-18/h4-6,10-11H,8-9H2,1-3H3/t11-/m1/s1. The van der Waals surface area contributed by atoms with Crippen molar-refractivity contribution in [1.29, 1.82) is 5.26 Å². The van der Waals surface area contributed by atoms with Crippen LogP contribution in [0.5, 0.6) is 0 Å². The Morgan fingerprint density at radius 3 is 2.77 bits per heavy atom. The molecule has 0 aliphatic rings. The molecule has 1 atom stereocenters. The number of fused-ring (bicyclic) bond motifs is 1. The van der Waals surface area contributed by atoms with Gasteiger partial charge in [0.1, 0.15) is 0 Å². The largest absolute Gasteiger partial charge is 0.287 e. The zero-order valence-electron chi connectivity index (χ0n) is 12.8. The van der Waals surface area contributed by atoms with E-state index in [4.69, 9.17) is 16.9 Å². The van der Waals surface area contributed by atoms with Crippen LogP contribution in [0.25, 0.3) is 10.9 Å². The van der Waals surface area contributed by atoms with Gasteiger partial charge >= 0.3 is 0 Å². The maximum atomic E-state index is 12.7. The number of benzene rings is 1. The van der Waals surface area contributed by atoms with Crippen LogP contribution in [0.2, 0.25) is 5.02 Å². The highest BCUT2D eigenvalue weighted by Gasteiger charge is 2.14. The molecule has 1 aromatic carbocycles. The second-order valence-electron chi connectivity index (χ2n) is 5.71. The van der Waals surface area contributed by atoms with Crippen molar-refractivity contribution in [2.45, 2.75) is 32.5 Å². The van der Waals surface area contributed by atoms with Gasteiger partial charge in [-0.3, -0.25) is 9.36 Å². The second kappa shape index (κ2) is 7.17. The number of nitrogens with zero attached hydrogens (tertiary/aromatic N) is 3. The van der Waals surface area contributed by atoms with Crippen LogP contribution in [0.4, 0.5) is 0 Å². The van der Waals surface area contributed by atoms with Crippen LogP contribution >= 0.6 is 23.4 Å². The van der Waals surface area contributed by atoms with Gasteiger partial charge in [0.2, 0.25) is 0 Å². The molecule has 0 radical (unpaired) electrons. The lowest BCUT2D eigenvalue weighted by molar-refractivity contribution is 0.475. The molecular weight excluding hydrogens is 318 g/mol. The summed E-state index contributed by atoms with van der Waals surface area (Å²) in [7, 11) is 0. The summed E-state index contributed by atoms with van der Waals surface area (Å²) in [5.41, 5.74) is 0.565. The number of hydrogen-bond acceptors (Lipinski definition) is 4. The van der Waals surface area contributed by atoms with Crippen molar-refractivity contribution >= 4 is 34.3 Å². The van der Waals surface area contributed by atoms with E-state index in [9.17, 15) is 4.79 Å². The van der Waals surface area contributed by atoms with Gasteiger partial charge in [-0.25, -0.2) is 4.98 Å². The Morgan fingerprint density at radius 1 is 1.41 bits per heavy atom. The van der Waals surface area contributed by atoms with Crippen LogP contribution in [0.3, 0.4) is 0 Å². The molecule has 1 heterocycles. The highest BCUT2D eigenvalue weighted by molar-refractivity contribution is 7.99. The molecule has 0 bridgehead atoms. The highest BCUT2D eigenvalue weighted by atomic mass is 35.5. The molecule has 22 heavy (non-hydrogen) atoms. The predicted molar refractivity (Wildman–Crippen MR) is 91.4 cm³/mol. The molecule has 0 unspecified atom stereocenters. The van der Waals surface area contributed by atoms with E-state index in [1.54, 1.807) is 22.8 Å². The molecular formula is C16H18ClN3OS. The van der Waals surface area contributed by atoms with Gasteiger partial charge in [0.05, 0.1) is 22.9 Å². The van der Waals surface area contributed by atoms with E-state index in [0.29, 0.717) is 39.3 Å². The van der Waals surface area contributed by atoms with Gasteiger partial charge in [-0.2, -0.15) is 5.26 Å². The predicted octanol–water partition coefficient (Wildman–Crippen LogP) is 3.96. The first-order valence-electron chi connectivity index (χ1n) is 7.15. The van der Waals surface area contributed by atoms with Crippen molar-refractivity contribution in [2.75, 3.05) is 5.75 Å². The van der Waals surface area contributed by atoms with Gasteiger partial charge in [-0.15, -0.1) is 0 Å². The minimum absolute atomic E-state index is 0.0756. The molecule has 0 aliphatic heterocycles. The van der Waals surface area contributed by atoms with Gasteiger partial charge < -0.3 is 0 Å². The number of rotatable bonds is 5. The Balaban J connectivity index is 2.55. The summed E-state index contributed by atoms with van der Waals surface area (Å²) >= 11 is 7.44. The molecule has 0 N–H and O–H groups in total. The summed E-state index contributed by atoms with van der Waals surface area (Å²) < 4.78 is 1.69. The van der Waals surface area contributed by atoms with Crippen LogP contribution < -0.4 is 5.56 Å². The summed E-state index contributed by atoms with van der Waals surface area (Å²) in [4.78, 5) is 17.3. The maximum Gasteiger partial charge on any atom is 0.262 e. The van der Waals surface area contributed by atoms with Gasteiger partial charge in [0.15, 0.2) is 5.16 Å². The SMILES string of the molecule is CC(C)Cn1c(SC[C@H](C)C#N)nc2ccc(Cl)cc2c1=O. The number of aromatic nitrogens is 2. The molecule has 0 amide bonds. The molecule has 1 aromatic heterocycles. The molecule has 116 valence electrons. The first-order chi connectivity index (χ1) is 10.4. The van der Waals surface area contributed by atoms with E-state index < -0.39 is 0 Å². The molecule has 2 aromatic rings. The molecule has 0 fully saturated rings. The van der Waals surface area contributed by atoms with Crippen LogP contribution in [0.1, 0.15) is 20.8 Å². The van der Waals surface area contributed by atoms with E-state index >= 15 is 0 Å². The van der Waals surface area contributed by atoms with E-state index in [0.717, 1.165) is 0 Å². The summed E-state index contributed by atoms with van der Waals surface area (Å²) in [5.74, 6) is 0.847.